The number of benzene rings is 1. The van der Waals surface area contributed by atoms with Crippen LogP contribution in [0.15, 0.2) is 30.5 Å². The summed E-state index contributed by atoms with van der Waals surface area (Å²) in [7, 11) is 1.75. The Bertz CT molecular complexity index is 1170. The summed E-state index contributed by atoms with van der Waals surface area (Å²) < 4.78 is 40.0. The number of nitrogens with zero attached hydrogens (tertiary/aromatic N) is 5. The van der Waals surface area contributed by atoms with Crippen molar-refractivity contribution < 1.29 is 18.3 Å². The summed E-state index contributed by atoms with van der Waals surface area (Å²) in [5.41, 5.74) is 5.99. The number of fused-ring (bicyclic) bond motifs is 1. The van der Waals surface area contributed by atoms with E-state index in [-0.39, 0.29) is 12.3 Å². The topological polar surface area (TPSA) is 103 Å². The normalized spacial score (nSPS) is 15.1. The number of hydrogen-bond acceptors (Lipinski definition) is 8. The molecule has 1 saturated heterocycles. The maximum Gasteiger partial charge on any atom is 0.416 e. The summed E-state index contributed by atoms with van der Waals surface area (Å²) in [5.74, 6) is 1.65. The van der Waals surface area contributed by atoms with E-state index in [1.807, 2.05) is 6.07 Å². The Labute approximate surface area is 195 Å². The van der Waals surface area contributed by atoms with Crippen molar-refractivity contribution in [2.75, 3.05) is 54.1 Å². The smallest absolute Gasteiger partial charge is 0.399 e. The predicted octanol–water partition coefficient (Wildman–Crippen LogP) is 3.83. The third kappa shape index (κ3) is 5.09. The van der Waals surface area contributed by atoms with Crippen LogP contribution in [-0.4, -0.2) is 53.3 Å². The van der Waals surface area contributed by atoms with Crippen molar-refractivity contribution in [1.29, 1.82) is 0 Å². The second-order valence-electron chi connectivity index (χ2n) is 8.52. The van der Waals surface area contributed by atoms with E-state index >= 15 is 0 Å². The number of aliphatic hydroxyl groups is 1. The molecule has 1 atom stereocenters. The number of rotatable bonds is 7. The highest BCUT2D eigenvalue weighted by atomic mass is 19.4. The highest BCUT2D eigenvalue weighted by Gasteiger charge is 2.31. The molecule has 1 aliphatic heterocycles. The van der Waals surface area contributed by atoms with Gasteiger partial charge in [-0.1, -0.05) is 0 Å². The molecule has 8 nitrogen and oxygen atoms in total. The van der Waals surface area contributed by atoms with Gasteiger partial charge < -0.3 is 26.0 Å². The molecule has 0 bridgehead atoms. The highest BCUT2D eigenvalue weighted by molar-refractivity contribution is 5.91. The van der Waals surface area contributed by atoms with Gasteiger partial charge in [-0.15, -0.1) is 0 Å². The summed E-state index contributed by atoms with van der Waals surface area (Å²) >= 11 is 0. The third-order valence-electron chi connectivity index (χ3n) is 5.92. The van der Waals surface area contributed by atoms with E-state index in [1.54, 1.807) is 25.1 Å². The van der Waals surface area contributed by atoms with Gasteiger partial charge in [-0.2, -0.15) is 18.2 Å². The molecular weight excluding hydrogens is 447 g/mol. The maximum atomic E-state index is 13.3. The van der Waals surface area contributed by atoms with E-state index in [4.69, 9.17) is 5.73 Å². The molecule has 4 N–H and O–H groups in total. The lowest BCUT2D eigenvalue weighted by molar-refractivity contribution is -0.137. The number of aromatic nitrogens is 3. The zero-order chi connectivity index (χ0) is 24.5. The quantitative estimate of drug-likeness (QED) is 0.443. The second kappa shape index (κ2) is 9.49. The Morgan fingerprint density at radius 2 is 1.91 bits per heavy atom. The SMILES string of the molecule is C[C@H](Nc1nc(N(C)CCO)nc2cnc(N3CCCC3)cc12)c1cc(N)cc(C(F)(F)F)c1. The van der Waals surface area contributed by atoms with Crippen LogP contribution in [-0.2, 0) is 6.18 Å². The molecule has 0 amide bonds. The van der Waals surface area contributed by atoms with Crippen LogP contribution in [0, 0.1) is 0 Å². The number of pyridine rings is 1. The van der Waals surface area contributed by atoms with E-state index in [2.05, 4.69) is 25.2 Å². The molecule has 0 saturated carbocycles. The molecule has 1 aromatic carbocycles. The molecular formula is C23H28F3N7O. The number of nitrogens with two attached hydrogens (primary N) is 1. The van der Waals surface area contributed by atoms with Crippen molar-refractivity contribution in [1.82, 2.24) is 15.0 Å². The molecule has 1 fully saturated rings. The number of nitrogen functional groups attached to an aromatic ring is 1. The van der Waals surface area contributed by atoms with Crippen LogP contribution in [0.5, 0.6) is 0 Å². The number of hydrogen-bond donors (Lipinski definition) is 3. The lowest BCUT2D eigenvalue weighted by Gasteiger charge is -2.22. The first kappa shape index (κ1) is 23.8. The van der Waals surface area contributed by atoms with Crippen molar-refractivity contribution >= 4 is 34.2 Å². The van der Waals surface area contributed by atoms with E-state index in [0.29, 0.717) is 34.8 Å². The molecule has 34 heavy (non-hydrogen) atoms. The van der Waals surface area contributed by atoms with Crippen molar-refractivity contribution in [2.45, 2.75) is 32.0 Å². The monoisotopic (exact) mass is 475 g/mol. The molecule has 0 unspecified atom stereocenters. The average Bonchev–Trinajstić information content (AvgIpc) is 3.33. The minimum atomic E-state index is -4.50. The maximum absolute atomic E-state index is 13.3. The minimum absolute atomic E-state index is 0.0370. The molecule has 0 aliphatic carbocycles. The first-order valence-electron chi connectivity index (χ1n) is 11.1. The van der Waals surface area contributed by atoms with Crippen LogP contribution in [0.2, 0.25) is 0 Å². The fourth-order valence-electron chi connectivity index (χ4n) is 4.04. The van der Waals surface area contributed by atoms with Crippen LogP contribution in [0.1, 0.15) is 36.9 Å². The first-order chi connectivity index (χ1) is 16.2. The number of anilines is 4. The van der Waals surface area contributed by atoms with Crippen LogP contribution in [0.3, 0.4) is 0 Å². The van der Waals surface area contributed by atoms with Gasteiger partial charge in [0.25, 0.3) is 0 Å². The minimum Gasteiger partial charge on any atom is -0.399 e. The van der Waals surface area contributed by atoms with Gasteiger partial charge in [-0.05, 0) is 49.6 Å². The molecule has 4 rings (SSSR count). The molecule has 11 heteroatoms. The van der Waals surface area contributed by atoms with Gasteiger partial charge in [0.1, 0.15) is 11.6 Å². The third-order valence-corrected chi connectivity index (χ3v) is 5.92. The van der Waals surface area contributed by atoms with Gasteiger partial charge in [-0.3, -0.25) is 0 Å². The first-order valence-corrected chi connectivity index (χ1v) is 11.1. The number of nitrogens with one attached hydrogen (secondary N) is 1. The van der Waals surface area contributed by atoms with Crippen LogP contribution >= 0.6 is 0 Å². The fourth-order valence-corrected chi connectivity index (χ4v) is 4.04. The highest BCUT2D eigenvalue weighted by Crippen LogP contribution is 2.34. The Balaban J connectivity index is 1.75. The molecule has 3 aromatic rings. The van der Waals surface area contributed by atoms with Gasteiger partial charge in [0, 0.05) is 37.8 Å². The molecule has 182 valence electrons. The zero-order valence-electron chi connectivity index (χ0n) is 19.1. The molecule has 2 aromatic heterocycles. The van der Waals surface area contributed by atoms with E-state index < -0.39 is 17.8 Å². The van der Waals surface area contributed by atoms with Crippen molar-refractivity contribution in [3.63, 3.8) is 0 Å². The Hall–Kier alpha value is -3.34. The Kier molecular flexibility index (Phi) is 6.65. The fraction of sp³-hybridized carbons (Fsp3) is 0.435. The summed E-state index contributed by atoms with van der Waals surface area (Å²) in [6.45, 7) is 3.83. The zero-order valence-corrected chi connectivity index (χ0v) is 19.1. The largest absolute Gasteiger partial charge is 0.416 e. The van der Waals surface area contributed by atoms with Crippen LogP contribution in [0.25, 0.3) is 10.9 Å². The van der Waals surface area contributed by atoms with Crippen LogP contribution < -0.4 is 20.9 Å². The number of likely N-dealkylation sites (N-methyl/N-ethyl adjacent to an activating group) is 1. The second-order valence-corrected chi connectivity index (χ2v) is 8.52. The standard InChI is InChI=1S/C23H28F3N7O/c1-14(15-9-16(23(24,25)26)11-17(27)10-15)29-21-18-12-20(33-5-3-4-6-33)28-13-19(18)30-22(31-21)32(2)7-8-34/h9-14,34H,3-8,27H2,1-2H3,(H,29,30,31)/t14-/m0/s1. The van der Waals surface area contributed by atoms with Crippen molar-refractivity contribution in [3.05, 3.63) is 41.6 Å². The van der Waals surface area contributed by atoms with Gasteiger partial charge in [0.15, 0.2) is 0 Å². The van der Waals surface area contributed by atoms with E-state index in [0.717, 1.165) is 43.9 Å². The summed E-state index contributed by atoms with van der Waals surface area (Å²) in [4.78, 5) is 17.7. The summed E-state index contributed by atoms with van der Waals surface area (Å²) in [6, 6.07) is 4.92. The summed E-state index contributed by atoms with van der Waals surface area (Å²) in [5, 5.41) is 13.3. The van der Waals surface area contributed by atoms with Gasteiger partial charge >= 0.3 is 6.18 Å². The Morgan fingerprint density at radius 3 is 2.59 bits per heavy atom. The Morgan fingerprint density at radius 1 is 1.18 bits per heavy atom. The molecule has 0 radical (unpaired) electrons. The predicted molar refractivity (Wildman–Crippen MR) is 127 cm³/mol. The lowest BCUT2D eigenvalue weighted by Crippen LogP contribution is -2.24. The number of halogens is 3. The van der Waals surface area contributed by atoms with E-state index in [1.165, 1.54) is 6.07 Å². The van der Waals surface area contributed by atoms with Crippen LogP contribution in [0.4, 0.5) is 36.4 Å². The molecule has 3 heterocycles. The van der Waals surface area contributed by atoms with Crippen molar-refractivity contribution in [2.24, 2.45) is 0 Å². The van der Waals surface area contributed by atoms with Crippen molar-refractivity contribution in [3.8, 4) is 0 Å². The van der Waals surface area contributed by atoms with E-state index in [9.17, 15) is 18.3 Å². The van der Waals surface area contributed by atoms with Gasteiger partial charge in [0.05, 0.1) is 29.9 Å². The number of alkyl halides is 3. The van der Waals surface area contributed by atoms with Gasteiger partial charge in [0.2, 0.25) is 5.95 Å². The lowest BCUT2D eigenvalue weighted by atomic mass is 10.0. The molecule has 0 spiro atoms. The molecule has 1 aliphatic rings. The van der Waals surface area contributed by atoms with Gasteiger partial charge in [-0.25, -0.2) is 9.97 Å². The summed E-state index contributed by atoms with van der Waals surface area (Å²) in [6.07, 6.45) is -0.624. The average molecular weight is 476 g/mol. The number of aliphatic hydroxyl groups excluding tert-OH is 1.